The molecule has 0 saturated carbocycles. The van der Waals surface area contributed by atoms with E-state index in [1.165, 1.54) is 0 Å². The Morgan fingerprint density at radius 1 is 1.04 bits per heavy atom. The summed E-state index contributed by atoms with van der Waals surface area (Å²) in [5.74, 6) is 1.12. The molecule has 130 valence electrons. The fourth-order valence-corrected chi connectivity index (χ4v) is 3.37. The molecule has 25 heavy (non-hydrogen) atoms. The van der Waals surface area contributed by atoms with Gasteiger partial charge in [-0.05, 0) is 42.3 Å². The number of rotatable bonds is 4. The normalized spacial score (nSPS) is 14.6. The van der Waals surface area contributed by atoms with Gasteiger partial charge in [0.05, 0.1) is 14.2 Å². The van der Waals surface area contributed by atoms with E-state index in [0.717, 1.165) is 29.8 Å². The lowest BCUT2D eigenvalue weighted by atomic mass is 9.95. The molecule has 1 aliphatic heterocycles. The molecule has 0 saturated heterocycles. The van der Waals surface area contributed by atoms with Gasteiger partial charge in [0, 0.05) is 39.5 Å². The van der Waals surface area contributed by atoms with Crippen LogP contribution in [0, 0.1) is 0 Å². The van der Waals surface area contributed by atoms with E-state index in [-0.39, 0.29) is 5.78 Å². The number of hydrogen-bond donors (Lipinski definition) is 1. The lowest BCUT2D eigenvalue weighted by molar-refractivity contribution is 0.104. The molecule has 0 fully saturated rings. The number of ether oxygens (including phenoxy) is 2. The molecule has 0 aromatic heterocycles. The molecule has 0 radical (unpaired) electrons. The molecule has 1 heterocycles. The summed E-state index contributed by atoms with van der Waals surface area (Å²) in [6, 6.07) is 8.63. The van der Waals surface area contributed by atoms with Crippen molar-refractivity contribution in [3.8, 4) is 11.5 Å². The fraction of sp³-hybridized carbons (Fsp3) is 0.211. The largest absolute Gasteiger partial charge is 0.493 e. The molecular weight excluding hydrogens is 361 g/mol. The second kappa shape index (κ2) is 7.38. The van der Waals surface area contributed by atoms with Crippen molar-refractivity contribution in [2.24, 2.45) is 0 Å². The minimum Gasteiger partial charge on any atom is -0.493 e. The van der Waals surface area contributed by atoms with E-state index >= 15 is 0 Å². The van der Waals surface area contributed by atoms with Gasteiger partial charge in [-0.3, -0.25) is 4.79 Å². The fourth-order valence-electron chi connectivity index (χ4n) is 2.85. The minimum absolute atomic E-state index is 0.172. The quantitative estimate of drug-likeness (QED) is 0.634. The number of benzene rings is 2. The zero-order valence-corrected chi connectivity index (χ0v) is 15.4. The van der Waals surface area contributed by atoms with Gasteiger partial charge in [-0.25, -0.2) is 0 Å². The molecule has 0 unspecified atom stereocenters. The van der Waals surface area contributed by atoms with Crippen molar-refractivity contribution < 1.29 is 14.3 Å². The van der Waals surface area contributed by atoms with Crippen molar-refractivity contribution in [2.45, 2.75) is 6.42 Å². The topological polar surface area (TPSA) is 47.6 Å². The van der Waals surface area contributed by atoms with E-state index in [4.69, 9.17) is 32.7 Å². The highest BCUT2D eigenvalue weighted by Crippen LogP contribution is 2.35. The monoisotopic (exact) mass is 377 g/mol. The number of nitrogens with one attached hydrogen (secondary N) is 1. The standard InChI is InChI=1S/C19H17Cl2NO3/c1-24-18-7-11-3-4-22-16(15(11)9-19(18)25-2)10-17(23)12-5-13(20)8-14(21)6-12/h5-10,22H,3-4H2,1-2H3/b16-10-. The van der Waals surface area contributed by atoms with Crippen molar-refractivity contribution in [2.75, 3.05) is 20.8 Å². The van der Waals surface area contributed by atoms with Gasteiger partial charge in [-0.1, -0.05) is 23.2 Å². The van der Waals surface area contributed by atoms with Gasteiger partial charge in [0.15, 0.2) is 17.3 Å². The van der Waals surface area contributed by atoms with Crippen molar-refractivity contribution in [3.05, 3.63) is 63.1 Å². The predicted molar refractivity (Wildman–Crippen MR) is 100 cm³/mol. The van der Waals surface area contributed by atoms with Crippen molar-refractivity contribution in [1.29, 1.82) is 0 Å². The molecular formula is C19H17Cl2NO3. The van der Waals surface area contributed by atoms with E-state index in [2.05, 4.69) is 5.32 Å². The van der Waals surface area contributed by atoms with Gasteiger partial charge in [-0.15, -0.1) is 0 Å². The van der Waals surface area contributed by atoms with Crippen LogP contribution >= 0.6 is 23.2 Å². The summed E-state index contributed by atoms with van der Waals surface area (Å²) >= 11 is 12.0. The Kier molecular flexibility index (Phi) is 5.21. The van der Waals surface area contributed by atoms with Crippen LogP contribution in [-0.4, -0.2) is 26.5 Å². The first-order valence-corrected chi connectivity index (χ1v) is 8.48. The number of carbonyl (C=O) groups is 1. The first-order chi connectivity index (χ1) is 12.0. The van der Waals surface area contributed by atoms with Gasteiger partial charge in [0.1, 0.15) is 0 Å². The average molecular weight is 378 g/mol. The van der Waals surface area contributed by atoms with Crippen LogP contribution in [-0.2, 0) is 6.42 Å². The predicted octanol–water partition coefficient (Wildman–Crippen LogP) is 4.38. The van der Waals surface area contributed by atoms with Crippen molar-refractivity contribution >= 4 is 34.7 Å². The van der Waals surface area contributed by atoms with Crippen LogP contribution < -0.4 is 14.8 Å². The summed E-state index contributed by atoms with van der Waals surface area (Å²) in [5.41, 5.74) is 3.20. The van der Waals surface area contributed by atoms with Crippen molar-refractivity contribution in [1.82, 2.24) is 5.32 Å². The van der Waals surface area contributed by atoms with Crippen LogP contribution in [0.5, 0.6) is 11.5 Å². The molecule has 0 atom stereocenters. The van der Waals surface area contributed by atoms with Gasteiger partial charge in [-0.2, -0.15) is 0 Å². The summed E-state index contributed by atoms with van der Waals surface area (Å²) in [7, 11) is 3.19. The molecule has 1 aliphatic rings. The Hall–Kier alpha value is -2.17. The highest BCUT2D eigenvalue weighted by Gasteiger charge is 2.19. The maximum Gasteiger partial charge on any atom is 0.188 e. The van der Waals surface area contributed by atoms with Crippen LogP contribution in [0.1, 0.15) is 21.5 Å². The Labute approximate surface area is 156 Å². The number of allylic oxidation sites excluding steroid dienone is 1. The Balaban J connectivity index is 2.02. The van der Waals surface area contributed by atoms with Crippen LogP contribution in [0.15, 0.2) is 36.4 Å². The zero-order valence-electron chi connectivity index (χ0n) is 13.9. The molecule has 6 heteroatoms. The highest BCUT2D eigenvalue weighted by molar-refractivity contribution is 6.35. The van der Waals surface area contributed by atoms with Crippen molar-refractivity contribution in [3.63, 3.8) is 0 Å². The van der Waals surface area contributed by atoms with Gasteiger partial charge >= 0.3 is 0 Å². The lowest BCUT2D eigenvalue weighted by Crippen LogP contribution is -2.23. The third-order valence-corrected chi connectivity index (χ3v) is 4.47. The summed E-state index contributed by atoms with van der Waals surface area (Å²) in [4.78, 5) is 12.6. The second-order valence-corrected chi connectivity index (χ2v) is 6.49. The van der Waals surface area contributed by atoms with Crippen LogP contribution in [0.2, 0.25) is 10.0 Å². The molecule has 0 spiro atoms. The average Bonchev–Trinajstić information content (AvgIpc) is 2.59. The maximum atomic E-state index is 12.6. The molecule has 0 amide bonds. The second-order valence-electron chi connectivity index (χ2n) is 5.62. The summed E-state index contributed by atoms with van der Waals surface area (Å²) < 4.78 is 10.7. The molecule has 0 aliphatic carbocycles. The van der Waals surface area contributed by atoms with Gasteiger partial charge < -0.3 is 14.8 Å². The zero-order chi connectivity index (χ0) is 18.0. The van der Waals surface area contributed by atoms with Crippen LogP contribution in [0.25, 0.3) is 5.70 Å². The third-order valence-electron chi connectivity index (χ3n) is 4.03. The lowest BCUT2D eigenvalue weighted by Gasteiger charge is -2.23. The van der Waals surface area contributed by atoms with E-state index in [1.54, 1.807) is 38.5 Å². The smallest absolute Gasteiger partial charge is 0.188 e. The number of carbonyl (C=O) groups excluding carboxylic acids is 1. The first kappa shape index (κ1) is 17.6. The molecule has 1 N–H and O–H groups in total. The Morgan fingerprint density at radius 2 is 1.68 bits per heavy atom. The molecule has 3 rings (SSSR count). The van der Waals surface area contributed by atoms with E-state index in [0.29, 0.717) is 27.1 Å². The van der Waals surface area contributed by atoms with E-state index in [1.807, 2.05) is 12.1 Å². The highest BCUT2D eigenvalue weighted by atomic mass is 35.5. The number of fused-ring (bicyclic) bond motifs is 1. The van der Waals surface area contributed by atoms with Crippen LogP contribution in [0.3, 0.4) is 0 Å². The van der Waals surface area contributed by atoms with Gasteiger partial charge in [0.25, 0.3) is 0 Å². The number of ketones is 1. The molecule has 2 aromatic rings. The molecule has 0 bridgehead atoms. The van der Waals surface area contributed by atoms with E-state index < -0.39 is 0 Å². The summed E-state index contributed by atoms with van der Waals surface area (Å²) in [5, 5.41) is 4.13. The maximum absolute atomic E-state index is 12.6. The number of methoxy groups -OCH3 is 2. The summed E-state index contributed by atoms with van der Waals surface area (Å²) in [6.45, 7) is 0.734. The number of hydrogen-bond acceptors (Lipinski definition) is 4. The van der Waals surface area contributed by atoms with E-state index in [9.17, 15) is 4.79 Å². The molecule has 2 aromatic carbocycles. The van der Waals surface area contributed by atoms with Gasteiger partial charge in [0.2, 0.25) is 0 Å². The van der Waals surface area contributed by atoms with Crippen LogP contribution in [0.4, 0.5) is 0 Å². The molecule has 4 nitrogen and oxygen atoms in total. The Bertz CT molecular complexity index is 842. The SMILES string of the molecule is COc1cc2c(cc1OC)/C(=C/C(=O)c1cc(Cl)cc(Cl)c1)NCC2. The number of halogens is 2. The third kappa shape index (κ3) is 3.75. The minimum atomic E-state index is -0.172. The first-order valence-electron chi connectivity index (χ1n) is 7.73. The Morgan fingerprint density at radius 3 is 2.32 bits per heavy atom. The summed E-state index contributed by atoms with van der Waals surface area (Å²) in [6.07, 6.45) is 2.40.